The lowest BCUT2D eigenvalue weighted by molar-refractivity contribution is 0.0963. The fourth-order valence-corrected chi connectivity index (χ4v) is 2.68. The highest BCUT2D eigenvalue weighted by molar-refractivity contribution is 5.94. The van der Waals surface area contributed by atoms with Crippen LogP contribution in [-0.2, 0) is 13.0 Å². The van der Waals surface area contributed by atoms with Crippen molar-refractivity contribution in [1.29, 1.82) is 0 Å². The first kappa shape index (κ1) is 17.9. The van der Waals surface area contributed by atoms with Crippen molar-refractivity contribution in [2.75, 3.05) is 13.6 Å². The average Bonchev–Trinajstić information content (AvgIpc) is 3.14. The Morgan fingerprint density at radius 2 is 1.96 bits per heavy atom. The molecule has 0 saturated heterocycles. The Labute approximate surface area is 153 Å². The number of hydrogen-bond donors (Lipinski definition) is 2. The van der Waals surface area contributed by atoms with Crippen LogP contribution in [-0.4, -0.2) is 24.5 Å². The molecule has 134 valence electrons. The van der Waals surface area contributed by atoms with Crippen molar-refractivity contribution in [3.05, 3.63) is 77.2 Å². The molecule has 0 aliphatic rings. The first-order valence-corrected chi connectivity index (χ1v) is 8.69. The normalized spacial score (nSPS) is 10.7. The van der Waals surface area contributed by atoms with Gasteiger partial charge in [0.1, 0.15) is 6.26 Å². The van der Waals surface area contributed by atoms with Gasteiger partial charge in [-0.15, -0.1) is 0 Å². The lowest BCUT2D eigenvalue weighted by Crippen LogP contribution is -2.19. The molecule has 2 aromatic carbocycles. The zero-order valence-electron chi connectivity index (χ0n) is 15.1. The molecule has 0 spiro atoms. The third kappa shape index (κ3) is 4.58. The number of hydrogen-bond acceptors (Lipinski definition) is 4. The number of amides is 1. The van der Waals surface area contributed by atoms with Crippen LogP contribution < -0.4 is 10.6 Å². The maximum Gasteiger partial charge on any atom is 0.251 e. The molecule has 3 rings (SSSR count). The van der Waals surface area contributed by atoms with Gasteiger partial charge >= 0.3 is 0 Å². The monoisotopic (exact) mass is 349 g/mol. The maximum absolute atomic E-state index is 11.7. The Bertz CT molecular complexity index is 869. The van der Waals surface area contributed by atoms with Crippen LogP contribution in [0.5, 0.6) is 0 Å². The molecule has 0 atom stereocenters. The van der Waals surface area contributed by atoms with E-state index in [0.29, 0.717) is 18.0 Å². The fraction of sp³-hybridized carbons (Fsp3) is 0.238. The average molecular weight is 349 g/mol. The van der Waals surface area contributed by atoms with Crippen LogP contribution >= 0.6 is 0 Å². The van der Waals surface area contributed by atoms with E-state index in [1.165, 1.54) is 5.56 Å². The van der Waals surface area contributed by atoms with Gasteiger partial charge in [-0.1, -0.05) is 29.8 Å². The van der Waals surface area contributed by atoms with E-state index < -0.39 is 0 Å². The molecule has 0 fully saturated rings. The summed E-state index contributed by atoms with van der Waals surface area (Å²) in [7, 11) is 1.64. The third-order valence-electron chi connectivity index (χ3n) is 4.16. The van der Waals surface area contributed by atoms with Gasteiger partial charge in [-0.25, -0.2) is 4.98 Å². The zero-order valence-corrected chi connectivity index (χ0v) is 15.1. The van der Waals surface area contributed by atoms with E-state index >= 15 is 0 Å². The summed E-state index contributed by atoms with van der Waals surface area (Å²) < 4.78 is 5.56. The van der Waals surface area contributed by atoms with Gasteiger partial charge in [-0.2, -0.15) is 0 Å². The molecule has 26 heavy (non-hydrogen) atoms. The van der Waals surface area contributed by atoms with Gasteiger partial charge in [0.05, 0.1) is 5.69 Å². The summed E-state index contributed by atoms with van der Waals surface area (Å²) in [6.45, 7) is 3.49. The summed E-state index contributed by atoms with van der Waals surface area (Å²) in [6, 6.07) is 15.8. The summed E-state index contributed by atoms with van der Waals surface area (Å²) in [4.78, 5) is 16.2. The van der Waals surface area contributed by atoms with Crippen molar-refractivity contribution in [2.24, 2.45) is 0 Å². The molecule has 5 heteroatoms. The summed E-state index contributed by atoms with van der Waals surface area (Å²) in [5, 5.41) is 6.01. The van der Waals surface area contributed by atoms with Crippen LogP contribution in [0.1, 0.15) is 27.2 Å². The van der Waals surface area contributed by atoms with Gasteiger partial charge in [0.15, 0.2) is 0 Å². The molecule has 0 radical (unpaired) electrons. The lowest BCUT2D eigenvalue weighted by atomic mass is 10.1. The maximum atomic E-state index is 11.7. The second-order valence-corrected chi connectivity index (χ2v) is 6.22. The first-order chi connectivity index (χ1) is 12.7. The topological polar surface area (TPSA) is 67.2 Å². The number of carbonyl (C=O) groups is 1. The summed E-state index contributed by atoms with van der Waals surface area (Å²) in [6.07, 6.45) is 2.53. The molecule has 0 bridgehead atoms. The van der Waals surface area contributed by atoms with Crippen LogP contribution in [0.3, 0.4) is 0 Å². The van der Waals surface area contributed by atoms with Crippen LogP contribution in [0.25, 0.3) is 11.5 Å². The van der Waals surface area contributed by atoms with Crippen LogP contribution in [0, 0.1) is 6.92 Å². The van der Waals surface area contributed by atoms with Crippen molar-refractivity contribution < 1.29 is 9.21 Å². The highest BCUT2D eigenvalue weighted by Gasteiger charge is 2.07. The molecule has 0 aliphatic heterocycles. The van der Waals surface area contributed by atoms with Crippen molar-refractivity contribution in [2.45, 2.75) is 19.9 Å². The molecule has 1 aromatic heterocycles. The number of oxazole rings is 1. The van der Waals surface area contributed by atoms with Crippen LogP contribution in [0.2, 0.25) is 0 Å². The smallest absolute Gasteiger partial charge is 0.251 e. The predicted octanol–water partition coefficient (Wildman–Crippen LogP) is 3.34. The second kappa shape index (κ2) is 8.45. The second-order valence-electron chi connectivity index (χ2n) is 6.22. The van der Waals surface area contributed by atoms with E-state index in [9.17, 15) is 4.79 Å². The van der Waals surface area contributed by atoms with Crippen LogP contribution in [0.15, 0.2) is 59.2 Å². The van der Waals surface area contributed by atoms with Crippen molar-refractivity contribution in [1.82, 2.24) is 15.6 Å². The number of rotatable bonds is 7. The number of benzene rings is 2. The summed E-state index contributed by atoms with van der Waals surface area (Å²) >= 11 is 0. The number of carbonyl (C=O) groups excluding carboxylic acids is 1. The van der Waals surface area contributed by atoms with E-state index in [4.69, 9.17) is 4.42 Å². The van der Waals surface area contributed by atoms with E-state index in [1.54, 1.807) is 13.3 Å². The zero-order chi connectivity index (χ0) is 18.4. The largest absolute Gasteiger partial charge is 0.444 e. The quantitative estimate of drug-likeness (QED) is 0.642. The van der Waals surface area contributed by atoms with Gasteiger partial charge in [0.2, 0.25) is 5.89 Å². The van der Waals surface area contributed by atoms with Gasteiger partial charge < -0.3 is 15.1 Å². The van der Waals surface area contributed by atoms with Crippen molar-refractivity contribution in [3.63, 3.8) is 0 Å². The third-order valence-corrected chi connectivity index (χ3v) is 4.16. The molecule has 0 unspecified atom stereocenters. The summed E-state index contributed by atoms with van der Waals surface area (Å²) in [5.74, 6) is 0.575. The minimum absolute atomic E-state index is 0.0639. The van der Waals surface area contributed by atoms with E-state index in [0.717, 1.165) is 29.8 Å². The Kier molecular flexibility index (Phi) is 5.81. The van der Waals surface area contributed by atoms with Gasteiger partial charge in [0, 0.05) is 24.7 Å². The SMILES string of the molecule is CNC(=O)c1cccc(CCNCc2coc(-c3ccc(C)cc3)n2)c1. The molecule has 2 N–H and O–H groups in total. The number of aryl methyl sites for hydroxylation is 1. The molecule has 1 heterocycles. The van der Waals surface area contributed by atoms with E-state index in [1.807, 2.05) is 48.5 Å². The van der Waals surface area contributed by atoms with Crippen molar-refractivity contribution >= 4 is 5.91 Å². The Morgan fingerprint density at radius 3 is 2.73 bits per heavy atom. The minimum atomic E-state index is -0.0639. The molecular weight excluding hydrogens is 326 g/mol. The van der Waals surface area contributed by atoms with E-state index in [-0.39, 0.29) is 5.91 Å². The van der Waals surface area contributed by atoms with E-state index in [2.05, 4.69) is 22.5 Å². The molecule has 0 aliphatic carbocycles. The number of nitrogens with zero attached hydrogens (tertiary/aromatic N) is 1. The molecule has 0 saturated carbocycles. The molecule has 5 nitrogen and oxygen atoms in total. The van der Waals surface area contributed by atoms with Gasteiger partial charge in [-0.3, -0.25) is 4.79 Å². The number of aromatic nitrogens is 1. The van der Waals surface area contributed by atoms with Crippen LogP contribution in [0.4, 0.5) is 0 Å². The number of nitrogens with one attached hydrogen (secondary N) is 2. The first-order valence-electron chi connectivity index (χ1n) is 8.69. The molecular formula is C21H23N3O2. The Balaban J connectivity index is 1.50. The van der Waals surface area contributed by atoms with Gasteiger partial charge in [-0.05, 0) is 49.7 Å². The summed E-state index contributed by atoms with van der Waals surface area (Å²) in [5.41, 5.74) is 4.87. The minimum Gasteiger partial charge on any atom is -0.444 e. The molecule has 1 amide bonds. The highest BCUT2D eigenvalue weighted by Crippen LogP contribution is 2.19. The van der Waals surface area contributed by atoms with Crippen molar-refractivity contribution in [3.8, 4) is 11.5 Å². The molecule has 3 aromatic rings. The lowest BCUT2D eigenvalue weighted by Gasteiger charge is -2.05. The predicted molar refractivity (Wildman–Crippen MR) is 102 cm³/mol. The van der Waals surface area contributed by atoms with Gasteiger partial charge in [0.25, 0.3) is 5.91 Å². The fourth-order valence-electron chi connectivity index (χ4n) is 2.68. The highest BCUT2D eigenvalue weighted by atomic mass is 16.3. The standard InChI is InChI=1S/C21H23N3O2/c1-15-6-8-17(9-7-15)21-24-19(14-26-21)13-23-11-10-16-4-3-5-18(12-16)20(25)22-2/h3-9,12,14,23H,10-11,13H2,1-2H3,(H,22,25). The Morgan fingerprint density at radius 1 is 1.15 bits per heavy atom. The Hall–Kier alpha value is -2.92.